The molecule has 18 heavy (non-hydrogen) atoms. The van der Waals surface area contributed by atoms with E-state index in [1.807, 2.05) is 24.3 Å². The molecule has 0 amide bonds. The first-order valence-corrected chi connectivity index (χ1v) is 7.67. The summed E-state index contributed by atoms with van der Waals surface area (Å²) < 4.78 is 1.05. The van der Waals surface area contributed by atoms with Gasteiger partial charge in [-0.25, -0.2) is 9.97 Å². The van der Waals surface area contributed by atoms with Crippen LogP contribution in [0, 0.1) is 6.92 Å². The molecule has 1 aromatic heterocycles. The van der Waals surface area contributed by atoms with Gasteiger partial charge in [-0.3, -0.25) is 0 Å². The summed E-state index contributed by atoms with van der Waals surface area (Å²) >= 11 is 17.1. The molecule has 0 bridgehead atoms. The van der Waals surface area contributed by atoms with E-state index in [9.17, 15) is 0 Å². The molecule has 0 fully saturated rings. The number of benzene rings is 1. The van der Waals surface area contributed by atoms with Crippen LogP contribution in [-0.2, 0) is 5.75 Å². The van der Waals surface area contributed by atoms with Crippen molar-refractivity contribution < 1.29 is 0 Å². The van der Waals surface area contributed by atoms with E-state index in [-0.39, 0.29) is 0 Å². The molecule has 2 aromatic rings. The Hall–Kier alpha value is -0.290. The maximum absolute atomic E-state index is 5.98. The van der Waals surface area contributed by atoms with Gasteiger partial charge in [-0.15, -0.1) is 11.8 Å². The van der Waals surface area contributed by atoms with Crippen LogP contribution in [0.5, 0.6) is 0 Å². The minimum atomic E-state index is 0.415. The van der Waals surface area contributed by atoms with Gasteiger partial charge >= 0.3 is 0 Å². The third-order valence-electron chi connectivity index (χ3n) is 2.27. The minimum absolute atomic E-state index is 0.415. The molecule has 0 aliphatic carbocycles. The van der Waals surface area contributed by atoms with E-state index in [1.165, 1.54) is 0 Å². The molecule has 0 saturated carbocycles. The Labute approximate surface area is 128 Å². The average Bonchev–Trinajstić information content (AvgIpc) is 2.35. The van der Waals surface area contributed by atoms with Crippen molar-refractivity contribution in [1.29, 1.82) is 0 Å². The van der Waals surface area contributed by atoms with Crippen LogP contribution >= 0.6 is 50.9 Å². The van der Waals surface area contributed by atoms with Gasteiger partial charge in [0.1, 0.15) is 16.1 Å². The average molecular weight is 364 g/mol. The van der Waals surface area contributed by atoms with E-state index >= 15 is 0 Å². The summed E-state index contributed by atoms with van der Waals surface area (Å²) in [7, 11) is 0. The zero-order valence-corrected chi connectivity index (χ0v) is 13.4. The van der Waals surface area contributed by atoms with Crippen LogP contribution in [0.1, 0.15) is 11.4 Å². The van der Waals surface area contributed by atoms with Gasteiger partial charge in [0.15, 0.2) is 0 Å². The second kappa shape index (κ2) is 6.24. The fourth-order valence-electron chi connectivity index (χ4n) is 1.27. The Kier molecular flexibility index (Phi) is 4.90. The molecule has 6 heteroatoms. The number of thioether (sulfide) groups is 1. The predicted molar refractivity (Wildman–Crippen MR) is 80.5 cm³/mol. The molecule has 0 spiro atoms. The molecule has 0 unspecified atom stereocenters. The van der Waals surface area contributed by atoms with Gasteiger partial charge in [0.2, 0.25) is 0 Å². The predicted octanol–water partition coefficient (Wildman–Crippen LogP) is 5.15. The Morgan fingerprint density at radius 3 is 2.39 bits per heavy atom. The van der Waals surface area contributed by atoms with E-state index in [0.717, 1.165) is 9.37 Å². The first kappa shape index (κ1) is 14.1. The number of rotatable bonds is 3. The molecular weight excluding hydrogens is 355 g/mol. The van der Waals surface area contributed by atoms with Crippen molar-refractivity contribution in [3.8, 4) is 0 Å². The lowest BCUT2D eigenvalue weighted by atomic mass is 10.4. The van der Waals surface area contributed by atoms with Crippen LogP contribution in [-0.4, -0.2) is 9.97 Å². The monoisotopic (exact) mass is 362 g/mol. The second-order valence-corrected chi connectivity index (χ2v) is 6.15. The van der Waals surface area contributed by atoms with Crippen molar-refractivity contribution in [3.63, 3.8) is 0 Å². The summed E-state index contributed by atoms with van der Waals surface area (Å²) in [4.78, 5) is 9.56. The van der Waals surface area contributed by atoms with Gasteiger partial charge in [-0.2, -0.15) is 0 Å². The van der Waals surface area contributed by atoms with Crippen molar-refractivity contribution in [2.24, 2.45) is 0 Å². The van der Waals surface area contributed by atoms with Gasteiger partial charge in [0, 0.05) is 14.9 Å². The standard InChI is InChI=1S/C12H9BrCl2N2S/c1-7-11(14)16-10(17-12(7)15)6-18-9-5-3-2-4-8(9)13/h2-5H,6H2,1H3. The van der Waals surface area contributed by atoms with Gasteiger partial charge in [-0.05, 0) is 35.0 Å². The van der Waals surface area contributed by atoms with Gasteiger partial charge < -0.3 is 0 Å². The van der Waals surface area contributed by atoms with Gasteiger partial charge in [0.25, 0.3) is 0 Å². The number of aromatic nitrogens is 2. The summed E-state index contributed by atoms with van der Waals surface area (Å²) in [5, 5.41) is 0.829. The Bertz CT molecular complexity index is 555. The SMILES string of the molecule is Cc1c(Cl)nc(CSc2ccccc2Br)nc1Cl. The third kappa shape index (κ3) is 3.38. The molecule has 0 atom stereocenters. The van der Waals surface area contributed by atoms with Crippen molar-refractivity contribution in [2.45, 2.75) is 17.6 Å². The van der Waals surface area contributed by atoms with Crippen LogP contribution < -0.4 is 0 Å². The summed E-state index contributed by atoms with van der Waals surface area (Å²) in [6, 6.07) is 8.00. The summed E-state index contributed by atoms with van der Waals surface area (Å²) in [5.74, 6) is 1.26. The molecule has 0 radical (unpaired) electrons. The largest absolute Gasteiger partial charge is 0.220 e. The lowest BCUT2D eigenvalue weighted by molar-refractivity contribution is 1.01. The lowest BCUT2D eigenvalue weighted by Crippen LogP contribution is -1.96. The zero-order valence-electron chi connectivity index (χ0n) is 9.45. The van der Waals surface area contributed by atoms with E-state index < -0.39 is 0 Å². The van der Waals surface area contributed by atoms with Crippen LogP contribution in [0.4, 0.5) is 0 Å². The summed E-state index contributed by atoms with van der Waals surface area (Å²) in [6.07, 6.45) is 0. The Morgan fingerprint density at radius 1 is 1.17 bits per heavy atom. The second-order valence-electron chi connectivity index (χ2n) is 3.57. The molecule has 0 saturated heterocycles. The first-order valence-electron chi connectivity index (χ1n) is 5.14. The minimum Gasteiger partial charge on any atom is -0.220 e. The Morgan fingerprint density at radius 2 is 1.78 bits per heavy atom. The highest BCUT2D eigenvalue weighted by Gasteiger charge is 2.08. The molecule has 0 aliphatic rings. The number of nitrogens with zero attached hydrogens (tertiary/aromatic N) is 2. The zero-order chi connectivity index (χ0) is 13.1. The fourth-order valence-corrected chi connectivity index (χ4v) is 3.12. The van der Waals surface area contributed by atoms with Crippen LogP contribution in [0.2, 0.25) is 10.3 Å². The molecule has 0 aliphatic heterocycles. The molecule has 2 nitrogen and oxygen atoms in total. The maximum atomic E-state index is 5.98. The maximum Gasteiger partial charge on any atom is 0.142 e. The highest BCUT2D eigenvalue weighted by Crippen LogP contribution is 2.30. The molecule has 2 rings (SSSR count). The number of hydrogen-bond donors (Lipinski definition) is 0. The van der Waals surface area contributed by atoms with Crippen molar-refractivity contribution in [3.05, 3.63) is 50.4 Å². The van der Waals surface area contributed by atoms with Crippen LogP contribution in [0.15, 0.2) is 33.6 Å². The van der Waals surface area contributed by atoms with E-state index in [1.54, 1.807) is 18.7 Å². The Balaban J connectivity index is 2.14. The highest BCUT2D eigenvalue weighted by atomic mass is 79.9. The highest BCUT2D eigenvalue weighted by molar-refractivity contribution is 9.10. The van der Waals surface area contributed by atoms with Crippen molar-refractivity contribution >= 4 is 50.9 Å². The van der Waals surface area contributed by atoms with Crippen LogP contribution in [0.25, 0.3) is 0 Å². The normalized spacial score (nSPS) is 10.7. The van der Waals surface area contributed by atoms with Crippen LogP contribution in [0.3, 0.4) is 0 Å². The first-order chi connectivity index (χ1) is 8.58. The third-order valence-corrected chi connectivity index (χ3v) is 5.03. The molecule has 1 heterocycles. The molecular formula is C12H9BrCl2N2S. The van der Waals surface area contributed by atoms with Crippen molar-refractivity contribution in [2.75, 3.05) is 0 Å². The molecule has 0 N–H and O–H groups in total. The van der Waals surface area contributed by atoms with Crippen molar-refractivity contribution in [1.82, 2.24) is 9.97 Å². The smallest absolute Gasteiger partial charge is 0.142 e. The van der Waals surface area contributed by atoms with Gasteiger partial charge in [-0.1, -0.05) is 35.3 Å². The lowest BCUT2D eigenvalue weighted by Gasteiger charge is -2.05. The van der Waals surface area contributed by atoms with E-state index in [2.05, 4.69) is 25.9 Å². The summed E-state index contributed by atoms with van der Waals surface area (Å²) in [5.41, 5.74) is 0.716. The number of halogens is 3. The topological polar surface area (TPSA) is 25.8 Å². The van der Waals surface area contributed by atoms with Gasteiger partial charge in [0.05, 0.1) is 5.75 Å². The summed E-state index contributed by atoms with van der Waals surface area (Å²) in [6.45, 7) is 1.80. The van der Waals surface area contributed by atoms with E-state index in [4.69, 9.17) is 23.2 Å². The quantitative estimate of drug-likeness (QED) is 0.557. The molecule has 94 valence electrons. The van der Waals surface area contributed by atoms with E-state index in [0.29, 0.717) is 27.4 Å². The molecule has 1 aromatic carbocycles. The number of hydrogen-bond acceptors (Lipinski definition) is 3. The fraction of sp³-hybridized carbons (Fsp3) is 0.167.